The second-order valence-corrected chi connectivity index (χ2v) is 6.07. The molecule has 0 unspecified atom stereocenters. The number of imidazole rings is 1. The molecule has 3 rings (SSSR count). The number of hydrogen-bond acceptors (Lipinski definition) is 2. The van der Waals surface area contributed by atoms with Crippen LogP contribution in [0.15, 0.2) is 42.7 Å². The minimum absolute atomic E-state index is 0.198. The Labute approximate surface area is 145 Å². The Morgan fingerprint density at radius 3 is 2.62 bits per heavy atom. The first-order valence-electron chi connectivity index (χ1n) is 8.53. The van der Waals surface area contributed by atoms with Crippen LogP contribution in [0.4, 0.5) is 0 Å². The molecule has 0 saturated carbocycles. The average molecular weight is 320 g/mol. The number of aromatic nitrogens is 3. The lowest BCUT2D eigenvalue weighted by atomic mass is 10.1. The number of nitrogens with zero attached hydrogens (tertiary/aromatic N) is 3. The highest BCUT2D eigenvalue weighted by molar-refractivity contribution is 6.29. The molecule has 0 aliphatic carbocycles. The van der Waals surface area contributed by atoms with Gasteiger partial charge in [-0.25, -0.2) is 0 Å². The fourth-order valence-electron chi connectivity index (χ4n) is 2.73. The Morgan fingerprint density at radius 1 is 1.21 bits per heavy atom. The lowest BCUT2D eigenvalue weighted by Gasteiger charge is -2.13. The van der Waals surface area contributed by atoms with Crippen LogP contribution < -0.4 is 5.72 Å². The van der Waals surface area contributed by atoms with Crippen molar-refractivity contribution in [2.75, 3.05) is 0 Å². The molecule has 4 nitrogen and oxygen atoms in total. The van der Waals surface area contributed by atoms with Gasteiger partial charge in [0.2, 0.25) is 0 Å². The van der Waals surface area contributed by atoms with E-state index in [1.54, 1.807) is 4.57 Å². The highest BCUT2D eigenvalue weighted by Crippen LogP contribution is 2.16. The zero-order chi connectivity index (χ0) is 18.0. The van der Waals surface area contributed by atoms with Gasteiger partial charge in [0, 0.05) is 18.1 Å². The van der Waals surface area contributed by atoms with Gasteiger partial charge in [0.05, 0.1) is 25.9 Å². The fourth-order valence-corrected chi connectivity index (χ4v) is 2.73. The maximum atomic E-state index is 8.13. The van der Waals surface area contributed by atoms with Crippen LogP contribution in [0.25, 0.3) is 0 Å². The molecule has 1 aromatic carbocycles. The molecular weight excluding hydrogens is 297 g/mol. The number of rotatable bonds is 6. The van der Waals surface area contributed by atoms with Crippen molar-refractivity contribution in [3.8, 4) is 0 Å². The summed E-state index contributed by atoms with van der Waals surface area (Å²) in [6, 6.07) is 9.98. The van der Waals surface area contributed by atoms with Crippen molar-refractivity contribution in [3.05, 3.63) is 70.8 Å². The predicted molar refractivity (Wildman–Crippen MR) is 96.6 cm³/mol. The van der Waals surface area contributed by atoms with Gasteiger partial charge in [-0.15, -0.1) is 0 Å². The molecule has 0 spiro atoms. The van der Waals surface area contributed by atoms with Crippen molar-refractivity contribution in [2.45, 2.75) is 40.7 Å². The molecule has 2 radical (unpaired) electrons. The minimum atomic E-state index is 0.198. The maximum Gasteiger partial charge on any atom is 0.167 e. The van der Waals surface area contributed by atoms with Crippen molar-refractivity contribution in [1.82, 2.24) is 14.1 Å². The van der Waals surface area contributed by atoms with E-state index in [-0.39, 0.29) is 12.9 Å². The summed E-state index contributed by atoms with van der Waals surface area (Å²) in [6.45, 7) is 7.61. The molecule has 122 valence electrons. The molecule has 0 N–H and O–H groups in total. The highest BCUT2D eigenvalue weighted by Gasteiger charge is 2.10. The first kappa shape index (κ1) is 15.3. The second kappa shape index (κ2) is 7.10. The van der Waals surface area contributed by atoms with Gasteiger partial charge >= 0.3 is 0 Å². The molecule has 24 heavy (non-hydrogen) atoms. The van der Waals surface area contributed by atoms with E-state index >= 15 is 0 Å². The van der Waals surface area contributed by atoms with E-state index in [1.807, 2.05) is 30.3 Å². The summed E-state index contributed by atoms with van der Waals surface area (Å²) in [4.78, 5) is 4.11. The van der Waals surface area contributed by atoms with Crippen LogP contribution in [0.5, 0.6) is 0 Å². The Morgan fingerprint density at radius 2 is 1.96 bits per heavy atom. The third-order valence-electron chi connectivity index (χ3n) is 4.47. The average Bonchev–Trinajstić information content (AvgIpc) is 3.00. The largest absolute Gasteiger partial charge is 0.356 e. The van der Waals surface area contributed by atoms with Gasteiger partial charge in [0.1, 0.15) is 6.73 Å². The van der Waals surface area contributed by atoms with Crippen molar-refractivity contribution in [1.29, 1.82) is 0 Å². The molecule has 2 heterocycles. The summed E-state index contributed by atoms with van der Waals surface area (Å²) in [7, 11) is 5.99. The first-order chi connectivity index (χ1) is 12.0. The van der Waals surface area contributed by atoms with Crippen LogP contribution in [0.1, 0.15) is 29.4 Å². The standard InChI is InChI=1S/C19H22BN3O/c1-14-10-22(16(3)15(14)2)11-18-9-21-19(20)23(18)13-24-12-17-7-5-4-6-8-17/h4-10H,11-13H2,1-3H3/i9D. The topological polar surface area (TPSA) is 32.0 Å². The number of benzene rings is 1. The van der Waals surface area contributed by atoms with Crippen LogP contribution >= 0.6 is 0 Å². The summed E-state index contributed by atoms with van der Waals surface area (Å²) in [5.74, 6) is 0. The molecule has 0 fully saturated rings. The van der Waals surface area contributed by atoms with Gasteiger partial charge in [-0.3, -0.25) is 4.98 Å². The molecule has 0 amide bonds. The summed E-state index contributed by atoms with van der Waals surface area (Å²) < 4.78 is 17.8. The Balaban J connectivity index is 1.77. The van der Waals surface area contributed by atoms with Crippen LogP contribution in [0.2, 0.25) is 0 Å². The third-order valence-corrected chi connectivity index (χ3v) is 4.47. The van der Waals surface area contributed by atoms with Gasteiger partial charge < -0.3 is 13.9 Å². The minimum Gasteiger partial charge on any atom is -0.356 e. The van der Waals surface area contributed by atoms with Crippen LogP contribution in [-0.4, -0.2) is 22.0 Å². The van der Waals surface area contributed by atoms with E-state index in [1.165, 1.54) is 16.8 Å². The molecule has 0 aliphatic rings. The summed E-state index contributed by atoms with van der Waals surface area (Å²) in [5.41, 5.74) is 5.86. The maximum absolute atomic E-state index is 8.13. The Bertz CT molecular complexity index is 871. The fraction of sp³-hybridized carbons (Fsp3) is 0.316. The van der Waals surface area contributed by atoms with E-state index in [0.717, 1.165) is 11.3 Å². The summed E-state index contributed by atoms with van der Waals surface area (Å²) in [6.07, 6.45) is 2.30. The van der Waals surface area contributed by atoms with Crippen LogP contribution in [-0.2, 0) is 24.6 Å². The lowest BCUT2D eigenvalue weighted by Crippen LogP contribution is -2.23. The van der Waals surface area contributed by atoms with Gasteiger partial charge in [-0.05, 0) is 37.5 Å². The number of aryl methyl sites for hydroxylation is 1. The quantitative estimate of drug-likeness (QED) is 0.654. The Hall–Kier alpha value is -2.27. The van der Waals surface area contributed by atoms with E-state index in [0.29, 0.717) is 18.9 Å². The molecule has 0 bridgehead atoms. The van der Waals surface area contributed by atoms with Crippen molar-refractivity contribution in [2.24, 2.45) is 0 Å². The van der Waals surface area contributed by atoms with Gasteiger partial charge in [0.15, 0.2) is 7.85 Å². The number of hydrogen-bond donors (Lipinski definition) is 0. The van der Waals surface area contributed by atoms with Gasteiger partial charge in [-0.2, -0.15) is 0 Å². The van der Waals surface area contributed by atoms with E-state index in [2.05, 4.69) is 36.5 Å². The summed E-state index contributed by atoms with van der Waals surface area (Å²) >= 11 is 0. The van der Waals surface area contributed by atoms with Gasteiger partial charge in [-0.1, -0.05) is 30.3 Å². The van der Waals surface area contributed by atoms with Crippen LogP contribution in [0, 0.1) is 20.8 Å². The molecular formula is C19H22BN3O. The van der Waals surface area contributed by atoms with Crippen molar-refractivity contribution in [3.63, 3.8) is 0 Å². The molecule has 0 atom stereocenters. The molecule has 0 aliphatic heterocycles. The van der Waals surface area contributed by atoms with E-state index in [4.69, 9.17) is 14.0 Å². The zero-order valence-corrected chi connectivity index (χ0v) is 14.4. The van der Waals surface area contributed by atoms with Gasteiger partial charge in [0.25, 0.3) is 0 Å². The molecule has 2 aromatic heterocycles. The van der Waals surface area contributed by atoms with Crippen molar-refractivity contribution >= 4 is 13.6 Å². The molecule has 5 heteroatoms. The third kappa shape index (κ3) is 3.46. The normalized spacial score (nSPS) is 11.7. The predicted octanol–water partition coefficient (Wildman–Crippen LogP) is 2.63. The summed E-state index contributed by atoms with van der Waals surface area (Å²) in [5, 5.41) is 0. The first-order valence-corrected chi connectivity index (χ1v) is 8.03. The smallest absolute Gasteiger partial charge is 0.167 e. The second-order valence-electron chi connectivity index (χ2n) is 6.07. The molecule has 3 aromatic rings. The zero-order valence-electron chi connectivity index (χ0n) is 15.4. The van der Waals surface area contributed by atoms with E-state index < -0.39 is 0 Å². The molecule has 0 saturated heterocycles. The lowest BCUT2D eigenvalue weighted by molar-refractivity contribution is 0.0641. The monoisotopic (exact) mass is 320 g/mol. The SMILES string of the molecule is [2H]c1nc([B])n(COCc2ccccc2)c1Cn1cc(C)c(C)c1C. The van der Waals surface area contributed by atoms with Crippen molar-refractivity contribution < 1.29 is 6.11 Å². The Kier molecular flexibility index (Phi) is 4.52. The van der Waals surface area contributed by atoms with Crippen LogP contribution in [0.3, 0.4) is 0 Å². The van der Waals surface area contributed by atoms with E-state index in [9.17, 15) is 0 Å². The highest BCUT2D eigenvalue weighted by atomic mass is 16.5. The number of ether oxygens (including phenoxy) is 1.